The van der Waals surface area contributed by atoms with Gasteiger partial charge in [0.05, 0.1) is 31.0 Å². The average molecular weight is 365 g/mol. The van der Waals surface area contributed by atoms with Gasteiger partial charge in [0.15, 0.2) is 0 Å². The summed E-state index contributed by atoms with van der Waals surface area (Å²) < 4.78 is 5.16. The third-order valence-corrected chi connectivity index (χ3v) is 4.78. The Labute approximate surface area is 156 Å². The molecular formula is C20H19N3O4. The van der Waals surface area contributed by atoms with Crippen molar-refractivity contribution in [1.82, 2.24) is 15.5 Å². The van der Waals surface area contributed by atoms with E-state index in [9.17, 15) is 14.7 Å². The summed E-state index contributed by atoms with van der Waals surface area (Å²) >= 11 is 0. The van der Waals surface area contributed by atoms with Crippen molar-refractivity contribution in [3.63, 3.8) is 0 Å². The average Bonchev–Trinajstić information content (AvgIpc) is 2.97. The molecule has 2 aromatic rings. The molecule has 3 amide bonds. The van der Waals surface area contributed by atoms with E-state index in [1.54, 1.807) is 24.1 Å². The Hall–Kier alpha value is -3.48. The third kappa shape index (κ3) is 3.19. The number of hydrogen-bond acceptors (Lipinski definition) is 4. The second-order valence-corrected chi connectivity index (χ2v) is 6.52. The second kappa shape index (κ2) is 6.68. The lowest BCUT2D eigenvalue weighted by Crippen LogP contribution is -2.44. The molecule has 0 fully saturated rings. The molecule has 0 unspecified atom stereocenters. The molecule has 0 spiro atoms. The number of phenolic OH excluding ortho intramolecular Hbond substituents is 1. The highest BCUT2D eigenvalue weighted by molar-refractivity contribution is 6.01. The maximum Gasteiger partial charge on any atom is 0.319 e. The zero-order valence-corrected chi connectivity index (χ0v) is 14.7. The number of hydrogen-bond donors (Lipinski definition) is 3. The maximum absolute atomic E-state index is 13.0. The quantitative estimate of drug-likeness (QED) is 0.773. The number of amides is 3. The molecule has 0 radical (unpaired) electrons. The molecular weight excluding hydrogens is 346 g/mol. The van der Waals surface area contributed by atoms with Crippen molar-refractivity contribution in [3.8, 4) is 11.5 Å². The van der Waals surface area contributed by atoms with Crippen LogP contribution in [0.15, 0.2) is 59.8 Å². The van der Waals surface area contributed by atoms with E-state index in [0.717, 1.165) is 16.9 Å². The number of ether oxygens (including phenoxy) is 1. The van der Waals surface area contributed by atoms with Crippen LogP contribution in [0.5, 0.6) is 11.5 Å². The summed E-state index contributed by atoms with van der Waals surface area (Å²) in [5.74, 6) is 0.770. The standard InChI is InChI=1S/C20H19N3O4/c1-27-15-8-2-12(3-9-15)10-23-11-16-17(19(23)25)18(22-20(26)21-16)13-4-6-14(24)7-5-13/h2-9,18,24H,10-11H2,1H3,(H2,21,22,26)/t18-/m1/s1. The Morgan fingerprint density at radius 3 is 2.48 bits per heavy atom. The van der Waals surface area contributed by atoms with Gasteiger partial charge in [0.25, 0.3) is 5.91 Å². The van der Waals surface area contributed by atoms with Crippen molar-refractivity contribution in [2.75, 3.05) is 13.7 Å². The third-order valence-electron chi connectivity index (χ3n) is 4.78. The molecule has 2 aromatic carbocycles. The number of carbonyl (C=O) groups excluding carboxylic acids is 2. The van der Waals surface area contributed by atoms with Crippen LogP contribution >= 0.6 is 0 Å². The van der Waals surface area contributed by atoms with Crippen molar-refractivity contribution < 1.29 is 19.4 Å². The SMILES string of the molecule is COc1ccc(CN2CC3=C(C2=O)[C@@H](c2ccc(O)cc2)NC(=O)N3)cc1. The fourth-order valence-corrected chi connectivity index (χ4v) is 3.42. The van der Waals surface area contributed by atoms with E-state index in [0.29, 0.717) is 24.4 Å². The highest BCUT2D eigenvalue weighted by atomic mass is 16.5. The lowest BCUT2D eigenvalue weighted by Gasteiger charge is -2.25. The number of carbonyl (C=O) groups is 2. The number of phenols is 1. The minimum absolute atomic E-state index is 0.119. The maximum atomic E-state index is 13.0. The van der Waals surface area contributed by atoms with Crippen molar-refractivity contribution in [2.45, 2.75) is 12.6 Å². The van der Waals surface area contributed by atoms with Crippen LogP contribution in [0.25, 0.3) is 0 Å². The zero-order chi connectivity index (χ0) is 19.0. The van der Waals surface area contributed by atoms with Crippen molar-refractivity contribution in [3.05, 3.63) is 70.9 Å². The molecule has 2 aliphatic rings. The van der Waals surface area contributed by atoms with Gasteiger partial charge in [0.1, 0.15) is 11.5 Å². The number of benzene rings is 2. The Bertz CT molecular complexity index is 919. The number of nitrogens with zero attached hydrogens (tertiary/aromatic N) is 1. The molecule has 4 rings (SSSR count). The molecule has 2 heterocycles. The summed E-state index contributed by atoms with van der Waals surface area (Å²) in [5, 5.41) is 15.0. The molecule has 7 heteroatoms. The predicted molar refractivity (Wildman–Crippen MR) is 98.0 cm³/mol. The normalized spacial score (nSPS) is 18.9. The van der Waals surface area contributed by atoms with Gasteiger partial charge in [-0.2, -0.15) is 0 Å². The van der Waals surface area contributed by atoms with Gasteiger partial charge in [-0.25, -0.2) is 4.79 Å². The molecule has 3 N–H and O–H groups in total. The molecule has 0 saturated carbocycles. The first-order valence-electron chi connectivity index (χ1n) is 8.57. The minimum Gasteiger partial charge on any atom is -0.508 e. The Balaban J connectivity index is 1.58. The number of urea groups is 1. The number of methoxy groups -OCH3 is 1. The van der Waals surface area contributed by atoms with E-state index in [4.69, 9.17) is 4.74 Å². The highest BCUT2D eigenvalue weighted by Crippen LogP contribution is 2.33. The summed E-state index contributed by atoms with van der Waals surface area (Å²) in [7, 11) is 1.61. The van der Waals surface area contributed by atoms with E-state index in [1.807, 2.05) is 24.3 Å². The Morgan fingerprint density at radius 1 is 1.11 bits per heavy atom. The minimum atomic E-state index is -0.539. The topological polar surface area (TPSA) is 90.9 Å². The summed E-state index contributed by atoms with van der Waals surface area (Å²) in [5.41, 5.74) is 2.88. The van der Waals surface area contributed by atoms with Crippen molar-refractivity contribution in [1.29, 1.82) is 0 Å². The van der Waals surface area contributed by atoms with Gasteiger partial charge in [-0.05, 0) is 35.4 Å². The zero-order valence-electron chi connectivity index (χ0n) is 14.7. The first-order valence-corrected chi connectivity index (χ1v) is 8.57. The van der Waals surface area contributed by atoms with Gasteiger partial charge in [0, 0.05) is 6.54 Å². The monoisotopic (exact) mass is 365 g/mol. The largest absolute Gasteiger partial charge is 0.508 e. The first-order chi connectivity index (χ1) is 13.0. The molecule has 7 nitrogen and oxygen atoms in total. The van der Waals surface area contributed by atoms with Crippen LogP contribution in [0.2, 0.25) is 0 Å². The van der Waals surface area contributed by atoms with Crippen LogP contribution in [-0.4, -0.2) is 35.6 Å². The number of nitrogens with one attached hydrogen (secondary N) is 2. The molecule has 138 valence electrons. The van der Waals surface area contributed by atoms with Crippen LogP contribution in [-0.2, 0) is 11.3 Å². The molecule has 0 saturated heterocycles. The van der Waals surface area contributed by atoms with Crippen LogP contribution in [0.4, 0.5) is 4.79 Å². The Kier molecular flexibility index (Phi) is 4.19. The van der Waals surface area contributed by atoms with Gasteiger partial charge in [-0.1, -0.05) is 24.3 Å². The molecule has 0 bridgehead atoms. The number of aromatic hydroxyl groups is 1. The Morgan fingerprint density at radius 2 is 1.81 bits per heavy atom. The van der Waals surface area contributed by atoms with E-state index in [1.165, 1.54) is 12.1 Å². The van der Waals surface area contributed by atoms with Gasteiger partial charge in [-0.15, -0.1) is 0 Å². The van der Waals surface area contributed by atoms with Crippen LogP contribution < -0.4 is 15.4 Å². The van der Waals surface area contributed by atoms with E-state index >= 15 is 0 Å². The van der Waals surface area contributed by atoms with Gasteiger partial charge < -0.3 is 25.4 Å². The molecule has 27 heavy (non-hydrogen) atoms. The lowest BCUT2D eigenvalue weighted by atomic mass is 9.96. The summed E-state index contributed by atoms with van der Waals surface area (Å²) in [6.45, 7) is 0.788. The van der Waals surface area contributed by atoms with Gasteiger partial charge >= 0.3 is 6.03 Å². The van der Waals surface area contributed by atoms with Crippen LogP contribution in [0, 0.1) is 0 Å². The number of rotatable bonds is 4. The summed E-state index contributed by atoms with van der Waals surface area (Å²) in [4.78, 5) is 26.8. The van der Waals surface area contributed by atoms with E-state index < -0.39 is 6.04 Å². The lowest BCUT2D eigenvalue weighted by molar-refractivity contribution is -0.126. The summed E-state index contributed by atoms with van der Waals surface area (Å²) in [6, 6.07) is 13.1. The van der Waals surface area contributed by atoms with Gasteiger partial charge in [-0.3, -0.25) is 4.79 Å². The van der Waals surface area contributed by atoms with Crippen molar-refractivity contribution >= 4 is 11.9 Å². The predicted octanol–water partition coefficient (Wildman–Crippen LogP) is 2.05. The summed E-state index contributed by atoms with van der Waals surface area (Å²) in [6.07, 6.45) is 0. The first kappa shape index (κ1) is 17.0. The molecule has 0 aromatic heterocycles. The van der Waals surface area contributed by atoms with Gasteiger partial charge in [0.2, 0.25) is 0 Å². The van der Waals surface area contributed by atoms with Crippen LogP contribution in [0.1, 0.15) is 17.2 Å². The fourth-order valence-electron chi connectivity index (χ4n) is 3.42. The molecule has 1 atom stereocenters. The second-order valence-electron chi connectivity index (χ2n) is 6.52. The smallest absolute Gasteiger partial charge is 0.319 e. The van der Waals surface area contributed by atoms with E-state index in [2.05, 4.69) is 10.6 Å². The van der Waals surface area contributed by atoms with Crippen LogP contribution in [0.3, 0.4) is 0 Å². The molecule has 0 aliphatic carbocycles. The van der Waals surface area contributed by atoms with E-state index in [-0.39, 0.29) is 17.7 Å². The fraction of sp³-hybridized carbons (Fsp3) is 0.200. The molecule has 2 aliphatic heterocycles. The van der Waals surface area contributed by atoms with Crippen molar-refractivity contribution in [2.24, 2.45) is 0 Å². The highest BCUT2D eigenvalue weighted by Gasteiger charge is 2.40.